The first-order valence-corrected chi connectivity index (χ1v) is 13.5. The van der Waals surface area contributed by atoms with E-state index < -0.39 is 35.1 Å². The lowest BCUT2D eigenvalue weighted by Gasteiger charge is -2.33. The molecule has 1 N–H and O–H groups in total. The van der Waals surface area contributed by atoms with Gasteiger partial charge < -0.3 is 15.0 Å². The average Bonchev–Trinajstić information content (AvgIpc) is 2.92. The summed E-state index contributed by atoms with van der Waals surface area (Å²) in [6.45, 7) is 8.73. The van der Waals surface area contributed by atoms with E-state index in [1.807, 2.05) is 25.8 Å². The minimum Gasteiger partial charge on any atom is -0.433 e. The molecule has 0 bridgehead atoms. The largest absolute Gasteiger partial charge is 0.433 e. The summed E-state index contributed by atoms with van der Waals surface area (Å²) in [6.07, 6.45) is -0.179. The smallest absolute Gasteiger partial charge is 0.416 e. The first-order valence-electron chi connectivity index (χ1n) is 13.5. The second-order valence-corrected chi connectivity index (χ2v) is 10.4. The summed E-state index contributed by atoms with van der Waals surface area (Å²) in [5.41, 5.74) is 1.31. The number of nitrogens with one attached hydrogen (secondary N) is 1. The van der Waals surface area contributed by atoms with Gasteiger partial charge in [0.1, 0.15) is 6.33 Å². The zero-order valence-electron chi connectivity index (χ0n) is 23.6. The fourth-order valence-electron chi connectivity index (χ4n) is 4.69. The summed E-state index contributed by atoms with van der Waals surface area (Å²) in [6, 6.07) is 6.80. The van der Waals surface area contributed by atoms with E-state index in [2.05, 4.69) is 20.2 Å². The highest BCUT2D eigenvalue weighted by Gasteiger charge is 2.34. The van der Waals surface area contributed by atoms with Crippen LogP contribution in [0.1, 0.15) is 48.9 Å². The Morgan fingerprint density at radius 2 is 1.78 bits per heavy atom. The number of aryl methyl sites for hydroxylation is 1. The molecule has 0 aliphatic carbocycles. The fourth-order valence-corrected chi connectivity index (χ4v) is 4.69. The molecule has 0 unspecified atom stereocenters. The second-order valence-electron chi connectivity index (χ2n) is 10.4. The molecule has 41 heavy (non-hydrogen) atoms. The third-order valence-electron chi connectivity index (χ3n) is 7.03. The van der Waals surface area contributed by atoms with E-state index in [-0.39, 0.29) is 23.5 Å². The van der Waals surface area contributed by atoms with E-state index in [1.165, 1.54) is 18.2 Å². The first kappa shape index (κ1) is 30.4. The van der Waals surface area contributed by atoms with E-state index in [1.54, 1.807) is 19.1 Å². The fraction of sp³-hybridized carbons (Fsp3) is 0.400. The van der Waals surface area contributed by atoms with Crippen LogP contribution in [0.15, 0.2) is 42.2 Å². The molecule has 1 aliphatic rings. The Hall–Kier alpha value is -3.57. The highest BCUT2D eigenvalue weighted by atomic mass is 19.4. The maximum absolute atomic E-state index is 15.3. The lowest BCUT2D eigenvalue weighted by atomic mass is 10.0. The molecule has 0 atom stereocenters. The van der Waals surface area contributed by atoms with Gasteiger partial charge in [0.2, 0.25) is 5.82 Å². The number of hydrogen-bond acceptors (Lipinski definition) is 6. The lowest BCUT2D eigenvalue weighted by molar-refractivity contribution is -0.138. The summed E-state index contributed by atoms with van der Waals surface area (Å²) >= 11 is 0. The summed E-state index contributed by atoms with van der Waals surface area (Å²) in [5, 5.41) is 2.59. The zero-order valence-corrected chi connectivity index (χ0v) is 23.6. The normalized spacial score (nSPS) is 15.3. The topological polar surface area (TPSA) is 53.5 Å². The SMILES string of the molecule is CCC/C(C)=C\c1c(C)ccc(Oc2ncnc(Nc3ccc(CN4CCN(C)CC4)c(C(F)(F)F)c3)c2F)c1F. The number of nitrogens with zero attached hydrogens (tertiary/aromatic N) is 4. The van der Waals surface area contributed by atoms with Gasteiger partial charge in [-0.15, -0.1) is 0 Å². The van der Waals surface area contributed by atoms with Crippen LogP contribution in [-0.2, 0) is 12.7 Å². The molecule has 2 aromatic carbocycles. The molecule has 220 valence electrons. The summed E-state index contributed by atoms with van der Waals surface area (Å²) in [5.74, 6) is -2.93. The molecule has 11 heteroatoms. The third-order valence-corrected chi connectivity index (χ3v) is 7.03. The van der Waals surface area contributed by atoms with Gasteiger partial charge in [-0.3, -0.25) is 4.90 Å². The molecule has 1 aliphatic heterocycles. The van der Waals surface area contributed by atoms with Crippen molar-refractivity contribution in [3.8, 4) is 11.6 Å². The van der Waals surface area contributed by atoms with E-state index in [0.29, 0.717) is 24.2 Å². The Morgan fingerprint density at radius 3 is 2.46 bits per heavy atom. The van der Waals surface area contributed by atoms with E-state index >= 15 is 8.78 Å². The number of benzene rings is 2. The van der Waals surface area contributed by atoms with Crippen molar-refractivity contribution >= 4 is 17.6 Å². The summed E-state index contributed by atoms with van der Waals surface area (Å²) in [7, 11) is 1.98. The van der Waals surface area contributed by atoms with Crippen LogP contribution < -0.4 is 10.1 Å². The molecule has 0 saturated carbocycles. The van der Waals surface area contributed by atoms with Gasteiger partial charge in [0.05, 0.1) is 5.56 Å². The molecular weight excluding hydrogens is 541 g/mol. The number of anilines is 2. The van der Waals surface area contributed by atoms with Gasteiger partial charge in [0.25, 0.3) is 5.88 Å². The van der Waals surface area contributed by atoms with Crippen LogP contribution in [0.4, 0.5) is 33.5 Å². The number of rotatable bonds is 9. The van der Waals surface area contributed by atoms with Crippen LogP contribution in [0, 0.1) is 18.6 Å². The van der Waals surface area contributed by atoms with E-state index in [4.69, 9.17) is 4.74 Å². The Morgan fingerprint density at radius 1 is 1.05 bits per heavy atom. The summed E-state index contributed by atoms with van der Waals surface area (Å²) in [4.78, 5) is 11.7. The minimum absolute atomic E-state index is 0.0108. The maximum Gasteiger partial charge on any atom is 0.416 e. The van der Waals surface area contributed by atoms with Crippen LogP contribution in [0.25, 0.3) is 6.08 Å². The number of likely N-dealkylation sites (N-methyl/N-ethyl adjacent to an activating group) is 1. The number of hydrogen-bond donors (Lipinski definition) is 1. The molecule has 3 aromatic rings. The number of halogens is 5. The van der Waals surface area contributed by atoms with Crippen molar-refractivity contribution in [2.24, 2.45) is 0 Å². The molecule has 0 radical (unpaired) electrons. The maximum atomic E-state index is 15.3. The van der Waals surface area contributed by atoms with Crippen LogP contribution in [0.2, 0.25) is 0 Å². The zero-order chi connectivity index (χ0) is 29.7. The number of aromatic nitrogens is 2. The van der Waals surface area contributed by atoms with Crippen molar-refractivity contribution in [3.63, 3.8) is 0 Å². The van der Waals surface area contributed by atoms with Gasteiger partial charge in [-0.2, -0.15) is 22.5 Å². The van der Waals surface area contributed by atoms with Gasteiger partial charge in [0.15, 0.2) is 17.4 Å². The quantitative estimate of drug-likeness (QED) is 0.266. The monoisotopic (exact) mass is 575 g/mol. The standard InChI is InChI=1S/C30H34F5N5O/c1-5-6-19(2)15-23-20(3)7-10-25(26(23)31)41-29-27(32)28(36-18-37-29)38-22-9-8-21(24(16-22)30(33,34)35)17-40-13-11-39(4)12-14-40/h7-10,15-16,18H,5-6,11-14,17H2,1-4H3,(H,36,37,38)/b19-15-. The van der Waals surface area contributed by atoms with Crippen molar-refractivity contribution in [2.45, 2.75) is 46.3 Å². The van der Waals surface area contributed by atoms with Gasteiger partial charge in [0, 0.05) is 44.0 Å². The van der Waals surface area contributed by atoms with Gasteiger partial charge in [-0.05, 0) is 56.6 Å². The highest BCUT2D eigenvalue weighted by molar-refractivity contribution is 5.61. The van der Waals surface area contributed by atoms with Gasteiger partial charge >= 0.3 is 6.18 Å². The van der Waals surface area contributed by atoms with Crippen LogP contribution in [-0.4, -0.2) is 53.0 Å². The van der Waals surface area contributed by atoms with E-state index in [9.17, 15) is 13.2 Å². The minimum atomic E-state index is -4.61. The van der Waals surface area contributed by atoms with Crippen molar-refractivity contribution in [1.29, 1.82) is 0 Å². The van der Waals surface area contributed by atoms with Crippen LogP contribution in [0.5, 0.6) is 11.6 Å². The molecule has 1 fully saturated rings. The number of alkyl halides is 3. The Labute approximate surface area is 236 Å². The second kappa shape index (κ2) is 12.9. The number of piperazine rings is 1. The molecule has 2 heterocycles. The third kappa shape index (κ3) is 7.59. The highest BCUT2D eigenvalue weighted by Crippen LogP contribution is 2.36. The molecule has 6 nitrogen and oxygen atoms in total. The molecule has 4 rings (SSSR count). The predicted molar refractivity (Wildman–Crippen MR) is 149 cm³/mol. The number of ether oxygens (including phenoxy) is 1. The van der Waals surface area contributed by atoms with Crippen molar-refractivity contribution < 1.29 is 26.7 Å². The average molecular weight is 576 g/mol. The van der Waals surface area contributed by atoms with Gasteiger partial charge in [-0.1, -0.05) is 37.1 Å². The molecule has 1 saturated heterocycles. The Balaban J connectivity index is 1.57. The Kier molecular flexibility index (Phi) is 9.60. The van der Waals surface area contributed by atoms with Crippen LogP contribution >= 0.6 is 0 Å². The van der Waals surface area contributed by atoms with Crippen molar-refractivity contribution in [1.82, 2.24) is 19.8 Å². The molecule has 0 amide bonds. The van der Waals surface area contributed by atoms with E-state index in [0.717, 1.165) is 43.9 Å². The van der Waals surface area contributed by atoms with Crippen molar-refractivity contribution in [2.75, 3.05) is 38.5 Å². The van der Waals surface area contributed by atoms with Crippen LogP contribution in [0.3, 0.4) is 0 Å². The molecular formula is C30H34F5N5O. The molecule has 0 spiro atoms. The summed E-state index contributed by atoms with van der Waals surface area (Å²) < 4.78 is 78.1. The first-order chi connectivity index (χ1) is 19.5. The lowest BCUT2D eigenvalue weighted by Crippen LogP contribution is -2.44. The van der Waals surface area contributed by atoms with Crippen molar-refractivity contribution in [3.05, 3.63) is 76.1 Å². The Bertz CT molecular complexity index is 1400. The molecule has 1 aromatic heterocycles. The predicted octanol–water partition coefficient (Wildman–Crippen LogP) is 7.57. The number of allylic oxidation sites excluding steroid dienone is 1. The van der Waals surface area contributed by atoms with Gasteiger partial charge in [-0.25, -0.2) is 9.37 Å².